The number of benzene rings is 2. The molecule has 1 heterocycles. The van der Waals surface area contributed by atoms with Crippen molar-refractivity contribution in [3.05, 3.63) is 59.4 Å². The number of carboxylic acid groups (broad SMARTS) is 1. The van der Waals surface area contributed by atoms with E-state index in [0.717, 1.165) is 0 Å². The van der Waals surface area contributed by atoms with Gasteiger partial charge in [0.2, 0.25) is 5.82 Å². The van der Waals surface area contributed by atoms with Crippen molar-refractivity contribution in [2.75, 3.05) is 0 Å². The molecule has 0 unspecified atom stereocenters. The highest BCUT2D eigenvalue weighted by Gasteiger charge is 2.15. The summed E-state index contributed by atoms with van der Waals surface area (Å²) in [4.78, 5) is 15.3. The maximum atomic E-state index is 13.7. The molecule has 0 fully saturated rings. The number of carboxylic acids is 1. The van der Waals surface area contributed by atoms with E-state index in [9.17, 15) is 9.18 Å². The number of nitrogens with zero attached hydrogens (tertiary/aromatic N) is 2. The number of aromatic carboxylic acids is 1. The molecular formula is C16H11FN2O3. The average Bonchev–Trinajstić information content (AvgIpc) is 2.97. The largest absolute Gasteiger partial charge is 0.478 e. The van der Waals surface area contributed by atoms with Crippen LogP contribution in [-0.4, -0.2) is 21.2 Å². The van der Waals surface area contributed by atoms with Gasteiger partial charge in [-0.05, 0) is 30.7 Å². The topological polar surface area (TPSA) is 76.2 Å². The van der Waals surface area contributed by atoms with E-state index in [0.29, 0.717) is 11.1 Å². The Morgan fingerprint density at radius 3 is 2.73 bits per heavy atom. The van der Waals surface area contributed by atoms with Crippen LogP contribution in [0.15, 0.2) is 47.0 Å². The summed E-state index contributed by atoms with van der Waals surface area (Å²) in [6, 6.07) is 10.9. The molecule has 5 nitrogen and oxygen atoms in total. The number of hydrogen-bond acceptors (Lipinski definition) is 4. The molecule has 6 heteroatoms. The zero-order valence-electron chi connectivity index (χ0n) is 11.6. The number of carbonyl (C=O) groups is 1. The molecule has 0 amide bonds. The van der Waals surface area contributed by atoms with E-state index in [1.165, 1.54) is 18.2 Å². The van der Waals surface area contributed by atoms with Gasteiger partial charge in [0, 0.05) is 5.56 Å². The molecule has 110 valence electrons. The van der Waals surface area contributed by atoms with Crippen LogP contribution in [0.25, 0.3) is 22.8 Å². The maximum absolute atomic E-state index is 13.7. The molecule has 1 aromatic heterocycles. The fourth-order valence-corrected chi connectivity index (χ4v) is 2.08. The molecule has 3 aromatic rings. The molecule has 1 N–H and O–H groups in total. The standard InChI is InChI=1S/C16H11FN2O3/c1-9-6-7-10(8-12(9)16(20)21)14-18-15(22-19-14)11-4-2-3-5-13(11)17/h2-8H,1H3,(H,20,21). The first-order valence-electron chi connectivity index (χ1n) is 6.49. The molecule has 0 aliphatic carbocycles. The van der Waals surface area contributed by atoms with E-state index in [1.54, 1.807) is 31.2 Å². The first-order chi connectivity index (χ1) is 10.6. The quantitative estimate of drug-likeness (QED) is 0.800. The van der Waals surface area contributed by atoms with E-state index in [4.69, 9.17) is 9.63 Å². The third kappa shape index (κ3) is 2.46. The Kier molecular flexibility index (Phi) is 3.42. The van der Waals surface area contributed by atoms with Crippen molar-refractivity contribution in [2.45, 2.75) is 6.92 Å². The smallest absolute Gasteiger partial charge is 0.335 e. The van der Waals surface area contributed by atoms with Crippen LogP contribution < -0.4 is 0 Å². The van der Waals surface area contributed by atoms with Crippen molar-refractivity contribution >= 4 is 5.97 Å². The Hall–Kier alpha value is -3.02. The highest BCUT2D eigenvalue weighted by molar-refractivity contribution is 5.90. The molecule has 0 saturated carbocycles. The van der Waals surface area contributed by atoms with Gasteiger partial charge in [0.05, 0.1) is 11.1 Å². The fourth-order valence-electron chi connectivity index (χ4n) is 2.08. The molecule has 0 bridgehead atoms. The second-order valence-electron chi connectivity index (χ2n) is 4.74. The van der Waals surface area contributed by atoms with E-state index < -0.39 is 11.8 Å². The molecule has 0 aliphatic heterocycles. The fraction of sp³-hybridized carbons (Fsp3) is 0.0625. The number of aryl methyl sites for hydroxylation is 1. The first kappa shape index (κ1) is 13.9. The highest BCUT2D eigenvalue weighted by Crippen LogP contribution is 2.25. The van der Waals surface area contributed by atoms with Crippen LogP contribution >= 0.6 is 0 Å². The summed E-state index contributed by atoms with van der Waals surface area (Å²) in [7, 11) is 0. The van der Waals surface area contributed by atoms with Crippen LogP contribution in [-0.2, 0) is 0 Å². The maximum Gasteiger partial charge on any atom is 0.335 e. The minimum absolute atomic E-state index is 0.0468. The van der Waals surface area contributed by atoms with Gasteiger partial charge in [0.15, 0.2) is 0 Å². The van der Waals surface area contributed by atoms with Crippen LogP contribution in [0.1, 0.15) is 15.9 Å². The minimum atomic E-state index is -1.03. The minimum Gasteiger partial charge on any atom is -0.478 e. The van der Waals surface area contributed by atoms with Crippen LogP contribution in [0.5, 0.6) is 0 Å². The van der Waals surface area contributed by atoms with Crippen LogP contribution in [0.4, 0.5) is 4.39 Å². The van der Waals surface area contributed by atoms with Gasteiger partial charge in [-0.1, -0.05) is 29.4 Å². The third-order valence-electron chi connectivity index (χ3n) is 3.26. The van der Waals surface area contributed by atoms with Crippen molar-refractivity contribution in [1.82, 2.24) is 10.1 Å². The molecule has 0 aliphatic rings. The average molecular weight is 298 g/mol. The Labute approximate surface area is 125 Å². The molecule has 0 saturated heterocycles. The van der Waals surface area contributed by atoms with Gasteiger partial charge in [-0.2, -0.15) is 4.98 Å². The molecular weight excluding hydrogens is 287 g/mol. The molecule has 0 atom stereocenters. The molecule has 0 spiro atoms. The summed E-state index contributed by atoms with van der Waals surface area (Å²) < 4.78 is 18.8. The Bertz CT molecular complexity index is 858. The monoisotopic (exact) mass is 298 g/mol. The summed E-state index contributed by atoms with van der Waals surface area (Å²) in [6.07, 6.45) is 0. The van der Waals surface area contributed by atoms with Gasteiger partial charge in [-0.3, -0.25) is 0 Å². The SMILES string of the molecule is Cc1ccc(-c2noc(-c3ccccc3F)n2)cc1C(=O)O. The van der Waals surface area contributed by atoms with Crippen molar-refractivity contribution in [3.63, 3.8) is 0 Å². The van der Waals surface area contributed by atoms with Crippen LogP contribution in [0, 0.1) is 12.7 Å². The predicted molar refractivity (Wildman–Crippen MR) is 76.8 cm³/mol. The number of hydrogen-bond donors (Lipinski definition) is 1. The molecule has 22 heavy (non-hydrogen) atoms. The van der Waals surface area contributed by atoms with Gasteiger partial charge in [-0.25, -0.2) is 9.18 Å². The van der Waals surface area contributed by atoms with Crippen molar-refractivity contribution in [3.8, 4) is 22.8 Å². The second-order valence-corrected chi connectivity index (χ2v) is 4.74. The van der Waals surface area contributed by atoms with E-state index in [1.807, 2.05) is 0 Å². The van der Waals surface area contributed by atoms with Gasteiger partial charge in [-0.15, -0.1) is 0 Å². The first-order valence-corrected chi connectivity index (χ1v) is 6.49. The Balaban J connectivity index is 2.03. The third-order valence-corrected chi connectivity index (χ3v) is 3.26. The normalized spacial score (nSPS) is 10.6. The van der Waals surface area contributed by atoms with Crippen LogP contribution in [0.3, 0.4) is 0 Å². The highest BCUT2D eigenvalue weighted by atomic mass is 19.1. The van der Waals surface area contributed by atoms with Gasteiger partial charge >= 0.3 is 5.97 Å². The van der Waals surface area contributed by atoms with E-state index in [2.05, 4.69) is 10.1 Å². The zero-order valence-corrected chi connectivity index (χ0v) is 11.6. The van der Waals surface area contributed by atoms with Gasteiger partial charge in [0.25, 0.3) is 5.89 Å². The zero-order chi connectivity index (χ0) is 15.7. The number of aromatic nitrogens is 2. The second kappa shape index (κ2) is 5.40. The van der Waals surface area contributed by atoms with Crippen LogP contribution in [0.2, 0.25) is 0 Å². The summed E-state index contributed by atoms with van der Waals surface area (Å²) in [5.74, 6) is -1.24. The molecule has 2 aromatic carbocycles. The summed E-state index contributed by atoms with van der Waals surface area (Å²) >= 11 is 0. The molecule has 3 rings (SSSR count). The number of rotatable bonds is 3. The summed E-state index contributed by atoms with van der Waals surface area (Å²) in [5, 5.41) is 12.9. The lowest BCUT2D eigenvalue weighted by Crippen LogP contribution is -2.00. The molecule has 0 radical (unpaired) electrons. The number of halogens is 1. The predicted octanol–water partition coefficient (Wildman–Crippen LogP) is 3.55. The lowest BCUT2D eigenvalue weighted by atomic mass is 10.0. The van der Waals surface area contributed by atoms with Crippen molar-refractivity contribution in [2.24, 2.45) is 0 Å². The van der Waals surface area contributed by atoms with Crippen molar-refractivity contribution in [1.29, 1.82) is 0 Å². The lowest BCUT2D eigenvalue weighted by molar-refractivity contribution is 0.0696. The van der Waals surface area contributed by atoms with Gasteiger partial charge < -0.3 is 9.63 Å². The summed E-state index contributed by atoms with van der Waals surface area (Å²) in [5.41, 5.74) is 1.49. The summed E-state index contributed by atoms with van der Waals surface area (Å²) in [6.45, 7) is 1.70. The van der Waals surface area contributed by atoms with E-state index in [-0.39, 0.29) is 22.8 Å². The lowest BCUT2D eigenvalue weighted by Gasteiger charge is -2.01. The van der Waals surface area contributed by atoms with Gasteiger partial charge in [0.1, 0.15) is 5.82 Å². The Morgan fingerprint density at radius 1 is 1.23 bits per heavy atom. The van der Waals surface area contributed by atoms with Crippen molar-refractivity contribution < 1.29 is 18.8 Å². The Morgan fingerprint density at radius 2 is 2.00 bits per heavy atom. The van der Waals surface area contributed by atoms with E-state index >= 15 is 0 Å².